The zero-order valence-corrected chi connectivity index (χ0v) is 15.9. The summed E-state index contributed by atoms with van der Waals surface area (Å²) in [5.74, 6) is 0.0351. The molecule has 0 unspecified atom stereocenters. The van der Waals surface area contributed by atoms with Crippen molar-refractivity contribution in [3.05, 3.63) is 80.2 Å². The molecule has 3 rings (SSSR count). The first-order valence-corrected chi connectivity index (χ1v) is 10.2. The molecule has 0 saturated heterocycles. The van der Waals surface area contributed by atoms with E-state index in [-0.39, 0.29) is 11.8 Å². The van der Waals surface area contributed by atoms with Crippen LogP contribution in [0, 0.1) is 0 Å². The van der Waals surface area contributed by atoms with E-state index in [1.54, 1.807) is 0 Å². The van der Waals surface area contributed by atoms with Gasteiger partial charge in [0.15, 0.2) is 0 Å². The van der Waals surface area contributed by atoms with Crippen LogP contribution in [0.2, 0.25) is 0 Å². The second-order valence-electron chi connectivity index (χ2n) is 5.81. The first-order valence-electron chi connectivity index (χ1n) is 8.43. The minimum absolute atomic E-state index is 0.0351. The lowest BCUT2D eigenvalue weighted by molar-refractivity contribution is 0.104. The van der Waals surface area contributed by atoms with Crippen LogP contribution in [0.1, 0.15) is 32.1 Å². The van der Waals surface area contributed by atoms with E-state index in [2.05, 4.69) is 22.8 Å². The summed E-state index contributed by atoms with van der Waals surface area (Å²) in [4.78, 5) is 25.8. The maximum atomic E-state index is 12.3. The van der Waals surface area contributed by atoms with Crippen LogP contribution in [0.3, 0.4) is 0 Å². The number of benzene rings is 1. The van der Waals surface area contributed by atoms with Gasteiger partial charge in [-0.1, -0.05) is 30.3 Å². The summed E-state index contributed by atoms with van der Waals surface area (Å²) < 4.78 is 0. The molecule has 6 heteroatoms. The van der Waals surface area contributed by atoms with Gasteiger partial charge in [0.05, 0.1) is 11.4 Å². The quantitative estimate of drug-likeness (QED) is 0.445. The molecule has 2 amide bonds. The number of hydrogen-bond acceptors (Lipinski definition) is 4. The molecule has 2 aromatic heterocycles. The molecule has 1 aromatic carbocycles. The highest BCUT2D eigenvalue weighted by Gasteiger charge is 2.12. The van der Waals surface area contributed by atoms with Crippen LogP contribution in [0.4, 0.5) is 4.79 Å². The monoisotopic (exact) mass is 384 g/mol. The Bertz CT molecular complexity index is 842. The van der Waals surface area contributed by atoms with Gasteiger partial charge < -0.3 is 10.6 Å². The maximum Gasteiger partial charge on any atom is 0.315 e. The van der Waals surface area contributed by atoms with Gasteiger partial charge in [-0.05, 0) is 42.0 Å². The molecular weight excluding hydrogens is 364 g/mol. The number of ketones is 1. The van der Waals surface area contributed by atoms with Crippen molar-refractivity contribution in [2.75, 3.05) is 6.54 Å². The number of carbonyl (C=O) groups excluding carboxylic acids is 2. The van der Waals surface area contributed by atoms with Crippen molar-refractivity contribution in [2.24, 2.45) is 0 Å². The summed E-state index contributed by atoms with van der Waals surface area (Å²) in [5.41, 5.74) is 1.99. The van der Waals surface area contributed by atoms with Gasteiger partial charge >= 0.3 is 6.03 Å². The van der Waals surface area contributed by atoms with E-state index in [4.69, 9.17) is 0 Å². The second-order valence-corrected chi connectivity index (χ2v) is 7.75. The number of thiophene rings is 2. The SMILES string of the molecule is O=C(NCCCc1ccccc1)NCc1ccc(C(=O)c2ccsc2)s1. The minimum Gasteiger partial charge on any atom is -0.338 e. The van der Waals surface area contributed by atoms with E-state index >= 15 is 0 Å². The fourth-order valence-electron chi connectivity index (χ4n) is 2.50. The molecule has 0 aliphatic rings. The van der Waals surface area contributed by atoms with Crippen molar-refractivity contribution >= 4 is 34.5 Å². The fourth-order valence-corrected chi connectivity index (χ4v) is 4.05. The minimum atomic E-state index is -0.183. The maximum absolute atomic E-state index is 12.3. The van der Waals surface area contributed by atoms with Crippen LogP contribution in [0.25, 0.3) is 0 Å². The normalized spacial score (nSPS) is 10.5. The summed E-state index contributed by atoms with van der Waals surface area (Å²) >= 11 is 2.93. The number of carbonyl (C=O) groups is 2. The van der Waals surface area contributed by atoms with Gasteiger partial charge in [0.25, 0.3) is 0 Å². The topological polar surface area (TPSA) is 58.2 Å². The Morgan fingerprint density at radius 1 is 0.962 bits per heavy atom. The van der Waals surface area contributed by atoms with E-state index in [1.807, 2.05) is 47.2 Å². The third-order valence-electron chi connectivity index (χ3n) is 3.86. The van der Waals surface area contributed by atoms with Gasteiger partial charge in [0.2, 0.25) is 5.78 Å². The number of rotatable bonds is 8. The molecule has 0 radical (unpaired) electrons. The van der Waals surface area contributed by atoms with Crippen LogP contribution in [0.5, 0.6) is 0 Å². The molecule has 0 atom stereocenters. The number of aryl methyl sites for hydroxylation is 1. The summed E-state index contributed by atoms with van der Waals surface area (Å²) in [6.07, 6.45) is 1.84. The van der Waals surface area contributed by atoms with Crippen molar-refractivity contribution in [1.82, 2.24) is 10.6 Å². The number of urea groups is 1. The highest BCUT2D eigenvalue weighted by Crippen LogP contribution is 2.21. The largest absolute Gasteiger partial charge is 0.338 e. The van der Waals surface area contributed by atoms with Gasteiger partial charge in [-0.15, -0.1) is 11.3 Å². The van der Waals surface area contributed by atoms with E-state index in [9.17, 15) is 9.59 Å². The van der Waals surface area contributed by atoms with Gasteiger partial charge in [0, 0.05) is 22.4 Å². The highest BCUT2D eigenvalue weighted by atomic mass is 32.1. The van der Waals surface area contributed by atoms with Crippen molar-refractivity contribution in [3.8, 4) is 0 Å². The van der Waals surface area contributed by atoms with Crippen molar-refractivity contribution in [1.29, 1.82) is 0 Å². The van der Waals surface area contributed by atoms with Gasteiger partial charge in [-0.2, -0.15) is 11.3 Å². The first kappa shape index (κ1) is 18.4. The van der Waals surface area contributed by atoms with E-state index in [0.717, 1.165) is 17.7 Å². The molecule has 134 valence electrons. The van der Waals surface area contributed by atoms with Crippen LogP contribution >= 0.6 is 22.7 Å². The number of nitrogens with one attached hydrogen (secondary N) is 2. The van der Waals surface area contributed by atoms with E-state index < -0.39 is 0 Å². The predicted molar refractivity (Wildman–Crippen MR) is 107 cm³/mol. The third-order valence-corrected chi connectivity index (χ3v) is 5.63. The lowest BCUT2D eigenvalue weighted by Gasteiger charge is -2.06. The molecule has 0 aliphatic heterocycles. The highest BCUT2D eigenvalue weighted by molar-refractivity contribution is 7.14. The first-order chi connectivity index (χ1) is 12.7. The molecule has 0 spiro atoms. The molecule has 2 heterocycles. The molecular formula is C20H20N2O2S2. The summed E-state index contributed by atoms with van der Waals surface area (Å²) in [7, 11) is 0. The zero-order chi connectivity index (χ0) is 18.2. The Morgan fingerprint density at radius 2 is 1.81 bits per heavy atom. The molecule has 3 aromatic rings. The fraction of sp³-hybridized carbons (Fsp3) is 0.200. The lowest BCUT2D eigenvalue weighted by Crippen LogP contribution is -2.35. The zero-order valence-electron chi connectivity index (χ0n) is 14.2. The Labute approximate surface area is 160 Å². The van der Waals surface area contributed by atoms with Gasteiger partial charge in [0.1, 0.15) is 0 Å². The van der Waals surface area contributed by atoms with E-state index in [0.29, 0.717) is 23.5 Å². The Hall–Kier alpha value is -2.44. The molecule has 0 aliphatic carbocycles. The van der Waals surface area contributed by atoms with Crippen LogP contribution in [-0.4, -0.2) is 18.4 Å². The van der Waals surface area contributed by atoms with Gasteiger partial charge in [-0.3, -0.25) is 4.79 Å². The predicted octanol–water partition coefficient (Wildman–Crippen LogP) is 4.47. The van der Waals surface area contributed by atoms with E-state index in [1.165, 1.54) is 28.2 Å². The van der Waals surface area contributed by atoms with Gasteiger partial charge in [-0.25, -0.2) is 4.79 Å². The van der Waals surface area contributed by atoms with Crippen molar-refractivity contribution < 1.29 is 9.59 Å². The molecule has 0 bridgehead atoms. The average molecular weight is 385 g/mol. The smallest absolute Gasteiger partial charge is 0.315 e. The van der Waals surface area contributed by atoms with Crippen molar-refractivity contribution in [3.63, 3.8) is 0 Å². The Kier molecular flexibility index (Phi) is 6.57. The average Bonchev–Trinajstić information content (AvgIpc) is 3.36. The third kappa shape index (κ3) is 5.28. The molecule has 0 saturated carbocycles. The van der Waals surface area contributed by atoms with Crippen LogP contribution in [-0.2, 0) is 13.0 Å². The Balaban J connectivity index is 1.37. The number of hydrogen-bond donors (Lipinski definition) is 2. The lowest BCUT2D eigenvalue weighted by atomic mass is 10.1. The molecule has 2 N–H and O–H groups in total. The summed E-state index contributed by atoms with van der Waals surface area (Å²) in [6.45, 7) is 1.05. The second kappa shape index (κ2) is 9.31. The molecule has 4 nitrogen and oxygen atoms in total. The van der Waals surface area contributed by atoms with Crippen molar-refractivity contribution in [2.45, 2.75) is 19.4 Å². The summed E-state index contributed by atoms with van der Waals surface area (Å²) in [6, 6.07) is 15.6. The summed E-state index contributed by atoms with van der Waals surface area (Å²) in [5, 5.41) is 9.44. The number of amides is 2. The van der Waals surface area contributed by atoms with Crippen LogP contribution < -0.4 is 10.6 Å². The Morgan fingerprint density at radius 3 is 2.58 bits per heavy atom. The molecule has 26 heavy (non-hydrogen) atoms. The molecule has 0 fully saturated rings. The standard InChI is InChI=1S/C20H20N2O2S2/c23-19(16-10-12-25-14-16)18-9-8-17(26-18)13-22-20(24)21-11-4-7-15-5-2-1-3-6-15/h1-3,5-6,8-10,12,14H,4,7,11,13H2,(H2,21,22,24). The van der Waals surface area contributed by atoms with Crippen LogP contribution in [0.15, 0.2) is 59.3 Å².